The van der Waals surface area contributed by atoms with Crippen LogP contribution < -0.4 is 5.73 Å². The summed E-state index contributed by atoms with van der Waals surface area (Å²) in [5.41, 5.74) is 9.18. The summed E-state index contributed by atoms with van der Waals surface area (Å²) in [6.45, 7) is 3.98. The van der Waals surface area contributed by atoms with E-state index in [1.54, 1.807) is 6.07 Å². The minimum atomic E-state index is -0.0121. The summed E-state index contributed by atoms with van der Waals surface area (Å²) in [4.78, 5) is 0. The van der Waals surface area contributed by atoms with Gasteiger partial charge in [-0.1, -0.05) is 15.9 Å². The molecule has 0 spiro atoms. The lowest BCUT2D eigenvalue weighted by Gasteiger charge is -2.18. The van der Waals surface area contributed by atoms with Gasteiger partial charge < -0.3 is 10.8 Å². The predicted octanol–water partition coefficient (Wildman–Crippen LogP) is 3.60. The second kappa shape index (κ2) is 4.94. The van der Waals surface area contributed by atoms with E-state index in [1.165, 1.54) is 12.8 Å². The maximum absolute atomic E-state index is 9.94. The molecule has 1 fully saturated rings. The number of phenols is 1. The van der Waals surface area contributed by atoms with Crippen molar-refractivity contribution in [1.29, 1.82) is 0 Å². The van der Waals surface area contributed by atoms with Crippen LogP contribution in [0.4, 0.5) is 0 Å². The number of rotatable bonds is 2. The van der Waals surface area contributed by atoms with Crippen LogP contribution in [-0.2, 0) is 0 Å². The largest absolute Gasteiger partial charge is 0.508 e. The molecule has 0 aromatic heterocycles. The molecule has 3 N–H and O–H groups in total. The summed E-state index contributed by atoms with van der Waals surface area (Å²) >= 11 is 3.54. The van der Waals surface area contributed by atoms with Gasteiger partial charge in [-0.05, 0) is 49.8 Å². The van der Waals surface area contributed by atoms with Crippen molar-refractivity contribution < 1.29 is 5.11 Å². The summed E-state index contributed by atoms with van der Waals surface area (Å²) < 4.78 is 1.06. The third kappa shape index (κ3) is 2.36. The van der Waals surface area contributed by atoms with Crippen LogP contribution in [0, 0.1) is 19.8 Å². The minimum Gasteiger partial charge on any atom is -0.508 e. The molecule has 0 unspecified atom stereocenters. The molecule has 0 aliphatic heterocycles. The Kier molecular flexibility index (Phi) is 4.27. The van der Waals surface area contributed by atoms with Crippen LogP contribution >= 0.6 is 28.3 Å². The van der Waals surface area contributed by atoms with E-state index < -0.39 is 0 Å². The highest BCUT2D eigenvalue weighted by Gasteiger charge is 2.32. The Morgan fingerprint density at radius 1 is 1.44 bits per heavy atom. The van der Waals surface area contributed by atoms with Gasteiger partial charge in [-0.3, -0.25) is 0 Å². The Bertz CT molecular complexity index is 404. The molecule has 2 nitrogen and oxygen atoms in total. The molecule has 0 amide bonds. The van der Waals surface area contributed by atoms with E-state index in [9.17, 15) is 5.11 Å². The monoisotopic (exact) mass is 305 g/mol. The lowest BCUT2D eigenvalue weighted by molar-refractivity contribution is 0.454. The summed E-state index contributed by atoms with van der Waals surface area (Å²) in [6, 6.07) is 1.77. The van der Waals surface area contributed by atoms with Gasteiger partial charge in [-0.25, -0.2) is 0 Å². The number of hydrogen-bond donors (Lipinski definition) is 2. The third-order valence-corrected chi connectivity index (χ3v) is 4.39. The number of nitrogens with two attached hydrogens (primary N) is 1. The number of hydrogen-bond acceptors (Lipinski definition) is 2. The molecular weight excluding hydrogens is 289 g/mol. The third-order valence-electron chi connectivity index (χ3n) is 3.17. The standard InChI is InChI=1S/C12H16BrNO.ClH/c1-6-5-9(15)10(7(2)11(6)13)12(14)8-3-4-8;/h5,8,12,15H,3-4,14H2,1-2H3;1H/t12-;/m1./s1. The van der Waals surface area contributed by atoms with Crippen molar-refractivity contribution in [2.45, 2.75) is 32.7 Å². The highest BCUT2D eigenvalue weighted by Crippen LogP contribution is 2.44. The molecule has 1 atom stereocenters. The molecule has 1 aromatic rings. The zero-order valence-electron chi connectivity index (χ0n) is 9.46. The molecule has 90 valence electrons. The Hall–Kier alpha value is -0.250. The van der Waals surface area contributed by atoms with Crippen LogP contribution in [0.25, 0.3) is 0 Å². The van der Waals surface area contributed by atoms with Crippen molar-refractivity contribution in [3.8, 4) is 5.75 Å². The van der Waals surface area contributed by atoms with Gasteiger partial charge in [0.15, 0.2) is 0 Å². The summed E-state index contributed by atoms with van der Waals surface area (Å²) in [6.07, 6.45) is 2.37. The molecule has 1 aliphatic carbocycles. The predicted molar refractivity (Wildman–Crippen MR) is 72.2 cm³/mol. The van der Waals surface area contributed by atoms with Crippen molar-refractivity contribution in [2.24, 2.45) is 11.7 Å². The highest BCUT2D eigenvalue weighted by molar-refractivity contribution is 9.10. The maximum Gasteiger partial charge on any atom is 0.120 e. The van der Waals surface area contributed by atoms with Crippen molar-refractivity contribution in [3.05, 3.63) is 27.2 Å². The van der Waals surface area contributed by atoms with E-state index in [0.29, 0.717) is 11.7 Å². The van der Waals surface area contributed by atoms with E-state index in [2.05, 4.69) is 15.9 Å². The average molecular weight is 307 g/mol. The quantitative estimate of drug-likeness (QED) is 0.877. The molecule has 1 aromatic carbocycles. The van der Waals surface area contributed by atoms with E-state index in [-0.39, 0.29) is 18.4 Å². The van der Waals surface area contributed by atoms with Gasteiger partial charge >= 0.3 is 0 Å². The van der Waals surface area contributed by atoms with Crippen molar-refractivity contribution in [3.63, 3.8) is 0 Å². The van der Waals surface area contributed by atoms with E-state index in [0.717, 1.165) is 21.2 Å². The van der Waals surface area contributed by atoms with Crippen molar-refractivity contribution in [1.82, 2.24) is 0 Å². The van der Waals surface area contributed by atoms with Gasteiger partial charge in [0, 0.05) is 16.1 Å². The van der Waals surface area contributed by atoms with Gasteiger partial charge in [0.1, 0.15) is 5.75 Å². The lowest BCUT2D eigenvalue weighted by Crippen LogP contribution is -2.14. The SMILES string of the molecule is Cc1cc(O)c([C@H](N)C2CC2)c(C)c1Br.Cl. The first-order chi connectivity index (χ1) is 7.02. The Labute approximate surface area is 111 Å². The molecule has 0 radical (unpaired) electrons. The highest BCUT2D eigenvalue weighted by atomic mass is 79.9. The Morgan fingerprint density at radius 3 is 2.50 bits per heavy atom. The first-order valence-electron chi connectivity index (χ1n) is 5.26. The van der Waals surface area contributed by atoms with Crippen LogP contribution in [-0.4, -0.2) is 5.11 Å². The summed E-state index contributed by atoms with van der Waals surface area (Å²) in [7, 11) is 0. The number of phenolic OH excluding ortho intramolecular Hbond substituents is 1. The summed E-state index contributed by atoms with van der Waals surface area (Å²) in [5.74, 6) is 0.900. The van der Waals surface area contributed by atoms with Gasteiger partial charge in [0.05, 0.1) is 0 Å². The molecule has 4 heteroatoms. The zero-order valence-corrected chi connectivity index (χ0v) is 11.9. The van der Waals surface area contributed by atoms with Gasteiger partial charge in [-0.15, -0.1) is 12.4 Å². The number of aryl methyl sites for hydroxylation is 1. The smallest absolute Gasteiger partial charge is 0.120 e. The first-order valence-corrected chi connectivity index (χ1v) is 6.05. The van der Waals surface area contributed by atoms with E-state index in [4.69, 9.17) is 5.73 Å². The van der Waals surface area contributed by atoms with Gasteiger partial charge in [0.2, 0.25) is 0 Å². The second-order valence-electron chi connectivity index (χ2n) is 4.43. The fourth-order valence-electron chi connectivity index (χ4n) is 2.06. The van der Waals surface area contributed by atoms with Crippen molar-refractivity contribution in [2.75, 3.05) is 0 Å². The normalized spacial score (nSPS) is 16.8. The van der Waals surface area contributed by atoms with Gasteiger partial charge in [-0.2, -0.15) is 0 Å². The molecular formula is C12H17BrClNO. The Morgan fingerprint density at radius 2 is 2.00 bits per heavy atom. The topological polar surface area (TPSA) is 46.2 Å². The average Bonchev–Trinajstić information content (AvgIpc) is 2.97. The second-order valence-corrected chi connectivity index (χ2v) is 5.22. The van der Waals surface area contributed by atoms with Crippen LogP contribution in [0.1, 0.15) is 35.6 Å². The number of halogens is 2. The lowest BCUT2D eigenvalue weighted by atomic mass is 9.95. The number of aromatic hydroxyl groups is 1. The van der Waals surface area contributed by atoms with Crippen molar-refractivity contribution >= 4 is 28.3 Å². The summed E-state index contributed by atoms with van der Waals surface area (Å²) in [5, 5.41) is 9.94. The zero-order chi connectivity index (χ0) is 11.2. The first kappa shape index (κ1) is 13.8. The van der Waals surface area contributed by atoms with Crippen LogP contribution in [0.5, 0.6) is 5.75 Å². The molecule has 0 heterocycles. The van der Waals surface area contributed by atoms with Crippen LogP contribution in [0.3, 0.4) is 0 Å². The Balaban J connectivity index is 0.00000128. The van der Waals surface area contributed by atoms with Crippen LogP contribution in [0.2, 0.25) is 0 Å². The molecule has 2 rings (SSSR count). The molecule has 1 saturated carbocycles. The number of benzene rings is 1. The fourth-order valence-corrected chi connectivity index (χ4v) is 2.39. The molecule has 16 heavy (non-hydrogen) atoms. The van der Waals surface area contributed by atoms with Crippen LogP contribution in [0.15, 0.2) is 10.5 Å². The van der Waals surface area contributed by atoms with Gasteiger partial charge in [0.25, 0.3) is 0 Å². The van der Waals surface area contributed by atoms with E-state index in [1.807, 2.05) is 13.8 Å². The fraction of sp³-hybridized carbons (Fsp3) is 0.500. The molecule has 0 bridgehead atoms. The molecule has 0 saturated heterocycles. The minimum absolute atomic E-state index is 0. The maximum atomic E-state index is 9.94. The van der Waals surface area contributed by atoms with E-state index >= 15 is 0 Å². The molecule has 1 aliphatic rings.